The molecule has 0 saturated carbocycles. The zero-order valence-electron chi connectivity index (χ0n) is 15.5. The molecule has 1 N–H and O–H groups in total. The van der Waals surface area contributed by atoms with Gasteiger partial charge in [-0.25, -0.2) is 4.98 Å². The molecule has 1 aliphatic heterocycles. The van der Waals surface area contributed by atoms with E-state index in [-0.39, 0.29) is 24.0 Å². The van der Waals surface area contributed by atoms with Gasteiger partial charge in [-0.1, -0.05) is 25.1 Å². The van der Waals surface area contributed by atoms with Crippen molar-refractivity contribution in [2.45, 2.75) is 39.3 Å². The number of nitrogens with one attached hydrogen (secondary N) is 1. The van der Waals surface area contributed by atoms with Gasteiger partial charge in [0.15, 0.2) is 0 Å². The summed E-state index contributed by atoms with van der Waals surface area (Å²) in [7, 11) is 0. The molecule has 0 aliphatic carbocycles. The minimum atomic E-state index is -0.325. The van der Waals surface area contributed by atoms with Crippen LogP contribution in [0.2, 0.25) is 0 Å². The number of carbonyl (C=O) groups is 2. The summed E-state index contributed by atoms with van der Waals surface area (Å²) in [5, 5.41) is 3.76. The Morgan fingerprint density at radius 1 is 1.35 bits per heavy atom. The molecule has 2 heterocycles. The first kappa shape index (κ1) is 18.3. The predicted molar refractivity (Wildman–Crippen MR) is 99.9 cm³/mol. The lowest BCUT2D eigenvalue weighted by Gasteiger charge is -2.32. The van der Waals surface area contributed by atoms with Crippen LogP contribution in [0.4, 0.5) is 0 Å². The van der Waals surface area contributed by atoms with Crippen molar-refractivity contribution in [2.75, 3.05) is 19.7 Å². The molecule has 26 heavy (non-hydrogen) atoms. The van der Waals surface area contributed by atoms with Gasteiger partial charge in [0, 0.05) is 24.4 Å². The lowest BCUT2D eigenvalue weighted by Crippen LogP contribution is -2.42. The Balaban J connectivity index is 1.98. The molecular formula is C20H25N3O3. The molecule has 3 rings (SSSR count). The SMILES string of the molecule is CCC(=O)N1CCO[C@H](c2cc(C(=O)NC(C)C)c3ccccc3n2)C1. The van der Waals surface area contributed by atoms with Gasteiger partial charge in [0.1, 0.15) is 6.10 Å². The lowest BCUT2D eigenvalue weighted by atomic mass is 10.0. The topological polar surface area (TPSA) is 71.5 Å². The van der Waals surface area contributed by atoms with Gasteiger partial charge in [-0.3, -0.25) is 9.59 Å². The van der Waals surface area contributed by atoms with E-state index in [0.29, 0.717) is 37.4 Å². The minimum absolute atomic E-state index is 0.0430. The van der Waals surface area contributed by atoms with E-state index in [9.17, 15) is 9.59 Å². The summed E-state index contributed by atoms with van der Waals surface area (Å²) in [6.45, 7) is 7.25. The van der Waals surface area contributed by atoms with Gasteiger partial charge in [0.2, 0.25) is 5.91 Å². The minimum Gasteiger partial charge on any atom is -0.368 e. The number of benzene rings is 1. The van der Waals surface area contributed by atoms with E-state index in [2.05, 4.69) is 5.32 Å². The van der Waals surface area contributed by atoms with E-state index in [4.69, 9.17) is 9.72 Å². The maximum Gasteiger partial charge on any atom is 0.252 e. The molecule has 0 unspecified atom stereocenters. The van der Waals surface area contributed by atoms with Crippen LogP contribution in [-0.4, -0.2) is 47.4 Å². The average Bonchev–Trinajstić information content (AvgIpc) is 2.66. The monoisotopic (exact) mass is 355 g/mol. The highest BCUT2D eigenvalue weighted by molar-refractivity contribution is 6.06. The van der Waals surface area contributed by atoms with Crippen LogP contribution in [0.1, 0.15) is 49.3 Å². The molecule has 1 fully saturated rings. The molecular weight excluding hydrogens is 330 g/mol. The van der Waals surface area contributed by atoms with Crippen LogP contribution >= 0.6 is 0 Å². The number of morpholine rings is 1. The van der Waals surface area contributed by atoms with Crippen molar-refractivity contribution in [3.63, 3.8) is 0 Å². The Labute approximate surface area is 153 Å². The standard InChI is InChI=1S/C20H25N3O3/c1-4-19(24)23-9-10-26-18(12-23)17-11-15(20(25)21-13(2)3)14-7-5-6-8-16(14)22-17/h5-8,11,13,18H,4,9-10,12H2,1-3H3,(H,21,25)/t18-/m0/s1. The Bertz CT molecular complexity index is 819. The molecule has 1 aromatic carbocycles. The van der Waals surface area contributed by atoms with Crippen LogP contribution in [0.3, 0.4) is 0 Å². The largest absolute Gasteiger partial charge is 0.368 e. The number of hydrogen-bond acceptors (Lipinski definition) is 4. The number of hydrogen-bond donors (Lipinski definition) is 1. The van der Waals surface area contributed by atoms with E-state index >= 15 is 0 Å². The van der Waals surface area contributed by atoms with Gasteiger partial charge in [0.05, 0.1) is 29.9 Å². The summed E-state index contributed by atoms with van der Waals surface area (Å²) in [5.74, 6) is -0.0194. The molecule has 6 nitrogen and oxygen atoms in total. The number of fused-ring (bicyclic) bond motifs is 1. The summed E-state index contributed by atoms with van der Waals surface area (Å²) < 4.78 is 5.87. The third-order valence-electron chi connectivity index (χ3n) is 4.45. The van der Waals surface area contributed by atoms with Gasteiger partial charge in [-0.2, -0.15) is 0 Å². The number of nitrogens with zero attached hydrogens (tertiary/aromatic N) is 2. The third kappa shape index (κ3) is 3.85. The van der Waals surface area contributed by atoms with Crippen molar-refractivity contribution in [2.24, 2.45) is 0 Å². The number of rotatable bonds is 4. The lowest BCUT2D eigenvalue weighted by molar-refractivity contribution is -0.138. The number of aromatic nitrogens is 1. The van der Waals surface area contributed by atoms with Crippen LogP contribution in [-0.2, 0) is 9.53 Å². The third-order valence-corrected chi connectivity index (χ3v) is 4.45. The second-order valence-electron chi connectivity index (χ2n) is 6.79. The van der Waals surface area contributed by atoms with E-state index < -0.39 is 0 Å². The summed E-state index contributed by atoms with van der Waals surface area (Å²) >= 11 is 0. The Hall–Kier alpha value is -2.47. The average molecular weight is 355 g/mol. The fourth-order valence-electron chi connectivity index (χ4n) is 3.17. The van der Waals surface area contributed by atoms with E-state index in [0.717, 1.165) is 10.9 Å². The molecule has 138 valence electrons. The van der Waals surface area contributed by atoms with Crippen LogP contribution in [0.25, 0.3) is 10.9 Å². The molecule has 2 amide bonds. The van der Waals surface area contributed by atoms with Crippen LogP contribution in [0.5, 0.6) is 0 Å². The predicted octanol–water partition coefficient (Wildman–Crippen LogP) is 2.68. The van der Waals surface area contributed by atoms with E-state index in [1.54, 1.807) is 11.0 Å². The number of pyridine rings is 1. The molecule has 0 radical (unpaired) electrons. The highest BCUT2D eigenvalue weighted by atomic mass is 16.5. The molecule has 2 aromatic rings. The van der Waals surface area contributed by atoms with Gasteiger partial charge < -0.3 is 15.0 Å². The first-order valence-electron chi connectivity index (χ1n) is 9.09. The summed E-state index contributed by atoms with van der Waals surface area (Å²) in [4.78, 5) is 31.2. The van der Waals surface area contributed by atoms with Gasteiger partial charge in [-0.05, 0) is 26.0 Å². The van der Waals surface area contributed by atoms with Crippen molar-refractivity contribution in [1.29, 1.82) is 0 Å². The van der Waals surface area contributed by atoms with Gasteiger partial charge >= 0.3 is 0 Å². The number of ether oxygens (including phenoxy) is 1. The first-order valence-corrected chi connectivity index (χ1v) is 9.09. The summed E-state index contributed by atoms with van der Waals surface area (Å²) in [5.41, 5.74) is 2.02. The molecule has 1 aliphatic rings. The Kier molecular flexibility index (Phi) is 5.52. The molecule has 6 heteroatoms. The van der Waals surface area contributed by atoms with Crippen molar-refractivity contribution in [3.8, 4) is 0 Å². The smallest absolute Gasteiger partial charge is 0.252 e. The summed E-state index contributed by atoms with van der Waals surface area (Å²) in [6, 6.07) is 9.43. The van der Waals surface area contributed by atoms with Crippen molar-refractivity contribution in [3.05, 3.63) is 41.6 Å². The molecule has 1 atom stereocenters. The summed E-state index contributed by atoms with van der Waals surface area (Å²) in [6.07, 6.45) is 0.148. The maximum atomic E-state index is 12.7. The Morgan fingerprint density at radius 3 is 2.85 bits per heavy atom. The highest BCUT2D eigenvalue weighted by Gasteiger charge is 2.27. The van der Waals surface area contributed by atoms with E-state index in [1.165, 1.54) is 0 Å². The van der Waals surface area contributed by atoms with Crippen LogP contribution < -0.4 is 5.32 Å². The Morgan fingerprint density at radius 2 is 2.12 bits per heavy atom. The maximum absolute atomic E-state index is 12.7. The number of para-hydroxylation sites is 1. The molecule has 1 saturated heterocycles. The van der Waals surface area contributed by atoms with Gasteiger partial charge in [-0.15, -0.1) is 0 Å². The fraction of sp³-hybridized carbons (Fsp3) is 0.450. The normalized spacial score (nSPS) is 17.5. The van der Waals surface area contributed by atoms with Crippen molar-refractivity contribution >= 4 is 22.7 Å². The second-order valence-corrected chi connectivity index (χ2v) is 6.79. The van der Waals surface area contributed by atoms with Crippen molar-refractivity contribution in [1.82, 2.24) is 15.2 Å². The van der Waals surface area contributed by atoms with Crippen LogP contribution in [0.15, 0.2) is 30.3 Å². The fourth-order valence-corrected chi connectivity index (χ4v) is 3.17. The van der Waals surface area contributed by atoms with E-state index in [1.807, 2.05) is 45.0 Å². The number of amides is 2. The zero-order chi connectivity index (χ0) is 18.7. The van der Waals surface area contributed by atoms with Crippen molar-refractivity contribution < 1.29 is 14.3 Å². The first-order chi connectivity index (χ1) is 12.5. The number of carbonyl (C=O) groups excluding carboxylic acids is 2. The quantitative estimate of drug-likeness (QED) is 0.915. The van der Waals surface area contributed by atoms with Gasteiger partial charge in [0.25, 0.3) is 5.91 Å². The molecule has 0 bridgehead atoms. The second kappa shape index (κ2) is 7.83. The molecule has 0 spiro atoms. The highest BCUT2D eigenvalue weighted by Crippen LogP contribution is 2.26. The zero-order valence-corrected chi connectivity index (χ0v) is 15.5. The van der Waals surface area contributed by atoms with Crippen LogP contribution in [0, 0.1) is 0 Å². The molecule has 1 aromatic heterocycles.